The van der Waals surface area contributed by atoms with Crippen LogP contribution in [-0.2, 0) is 19.4 Å². The Morgan fingerprint density at radius 1 is 1.06 bits per heavy atom. The van der Waals surface area contributed by atoms with E-state index in [9.17, 15) is 0 Å². The molecule has 2 N–H and O–H groups in total. The molecule has 2 aromatic rings. The molecule has 1 aromatic heterocycles. The topological polar surface area (TPSA) is 51.8 Å². The summed E-state index contributed by atoms with van der Waals surface area (Å²) < 4.78 is 0. The first-order valence-electron chi connectivity index (χ1n) is 6.00. The van der Waals surface area contributed by atoms with Crippen molar-refractivity contribution in [3.05, 3.63) is 47.4 Å². The van der Waals surface area contributed by atoms with Gasteiger partial charge in [0.25, 0.3) is 0 Å². The van der Waals surface area contributed by atoms with Crippen LogP contribution in [0.2, 0.25) is 0 Å². The maximum Gasteiger partial charge on any atom is 0.116 e. The number of nitrogens with two attached hydrogens (primary N) is 1. The molecule has 1 heterocycles. The van der Waals surface area contributed by atoms with Crippen LogP contribution >= 0.6 is 0 Å². The maximum absolute atomic E-state index is 5.60. The molecule has 3 heteroatoms. The van der Waals surface area contributed by atoms with Crippen LogP contribution in [0.1, 0.15) is 23.2 Å². The highest BCUT2D eigenvalue weighted by Gasteiger charge is 2.11. The van der Waals surface area contributed by atoms with Crippen molar-refractivity contribution < 1.29 is 0 Å². The van der Waals surface area contributed by atoms with Crippen LogP contribution in [0.4, 0.5) is 0 Å². The second-order valence-corrected chi connectivity index (χ2v) is 4.44. The largest absolute Gasteiger partial charge is 0.325 e. The quantitative estimate of drug-likeness (QED) is 0.851. The normalized spacial score (nSPS) is 13.7. The number of benzene rings is 1. The van der Waals surface area contributed by atoms with Gasteiger partial charge in [0, 0.05) is 12.1 Å². The Bertz CT molecular complexity index is 549. The Balaban J connectivity index is 2.03. The molecule has 1 aliphatic rings. The minimum atomic E-state index is 0.459. The van der Waals surface area contributed by atoms with E-state index in [0.29, 0.717) is 6.54 Å². The van der Waals surface area contributed by atoms with Crippen LogP contribution in [0.3, 0.4) is 0 Å². The van der Waals surface area contributed by atoms with Gasteiger partial charge in [-0.25, -0.2) is 9.97 Å². The number of aryl methyl sites for hydroxylation is 2. The Kier molecular flexibility index (Phi) is 2.61. The summed E-state index contributed by atoms with van der Waals surface area (Å²) in [4.78, 5) is 8.44. The van der Waals surface area contributed by atoms with Crippen molar-refractivity contribution in [1.82, 2.24) is 9.97 Å². The molecule has 1 aliphatic carbocycles. The van der Waals surface area contributed by atoms with E-state index in [1.165, 1.54) is 36.0 Å². The zero-order valence-electron chi connectivity index (χ0n) is 9.69. The van der Waals surface area contributed by atoms with E-state index in [-0.39, 0.29) is 0 Å². The molecule has 0 unspecified atom stereocenters. The highest BCUT2D eigenvalue weighted by Crippen LogP contribution is 2.27. The Morgan fingerprint density at radius 3 is 2.82 bits per heavy atom. The molecule has 0 spiro atoms. The molecule has 0 radical (unpaired) electrons. The Morgan fingerprint density at radius 2 is 1.94 bits per heavy atom. The summed E-state index contributed by atoms with van der Waals surface area (Å²) in [6.07, 6.45) is 5.27. The van der Waals surface area contributed by atoms with Crippen LogP contribution in [0.5, 0.6) is 0 Å². The third-order valence-corrected chi connectivity index (χ3v) is 3.33. The molecular formula is C14H15N3. The van der Waals surface area contributed by atoms with Crippen LogP contribution in [0.15, 0.2) is 30.6 Å². The van der Waals surface area contributed by atoms with Crippen molar-refractivity contribution in [3.63, 3.8) is 0 Å². The van der Waals surface area contributed by atoms with E-state index >= 15 is 0 Å². The van der Waals surface area contributed by atoms with E-state index in [0.717, 1.165) is 11.4 Å². The third kappa shape index (κ3) is 1.94. The summed E-state index contributed by atoms with van der Waals surface area (Å²) in [5.41, 5.74) is 11.6. The zero-order chi connectivity index (χ0) is 11.7. The predicted octanol–water partition coefficient (Wildman–Crippen LogP) is 2.09. The summed E-state index contributed by atoms with van der Waals surface area (Å²) in [5, 5.41) is 0. The molecule has 0 bridgehead atoms. The minimum Gasteiger partial charge on any atom is -0.325 e. The lowest BCUT2D eigenvalue weighted by molar-refractivity contribution is 0.912. The van der Waals surface area contributed by atoms with Gasteiger partial charge in [0.1, 0.15) is 6.33 Å². The van der Waals surface area contributed by atoms with Gasteiger partial charge in [-0.2, -0.15) is 0 Å². The van der Waals surface area contributed by atoms with Gasteiger partial charge in [0.05, 0.1) is 11.4 Å². The van der Waals surface area contributed by atoms with Gasteiger partial charge in [0.2, 0.25) is 0 Å². The van der Waals surface area contributed by atoms with E-state index in [1.54, 1.807) is 6.33 Å². The number of aromatic nitrogens is 2. The molecule has 0 fully saturated rings. The first-order valence-corrected chi connectivity index (χ1v) is 6.00. The fourth-order valence-corrected chi connectivity index (χ4v) is 2.40. The highest BCUT2D eigenvalue weighted by molar-refractivity contribution is 5.61. The van der Waals surface area contributed by atoms with E-state index < -0.39 is 0 Å². The van der Waals surface area contributed by atoms with Crippen molar-refractivity contribution in [3.8, 4) is 11.3 Å². The highest BCUT2D eigenvalue weighted by atomic mass is 14.8. The summed E-state index contributed by atoms with van der Waals surface area (Å²) in [6.45, 7) is 0.459. The predicted molar refractivity (Wildman–Crippen MR) is 67.4 cm³/mol. The van der Waals surface area contributed by atoms with Gasteiger partial charge in [0.15, 0.2) is 0 Å². The lowest BCUT2D eigenvalue weighted by Gasteiger charge is -2.05. The molecular weight excluding hydrogens is 210 g/mol. The van der Waals surface area contributed by atoms with Gasteiger partial charge in [-0.3, -0.25) is 0 Å². The first-order chi connectivity index (χ1) is 8.36. The van der Waals surface area contributed by atoms with Gasteiger partial charge < -0.3 is 5.73 Å². The van der Waals surface area contributed by atoms with E-state index in [1.807, 2.05) is 6.07 Å². The summed E-state index contributed by atoms with van der Waals surface area (Å²) in [5.74, 6) is 0. The summed E-state index contributed by atoms with van der Waals surface area (Å²) in [6, 6.07) is 8.59. The van der Waals surface area contributed by atoms with Gasteiger partial charge in [-0.05, 0) is 42.5 Å². The lowest BCUT2D eigenvalue weighted by atomic mass is 10.0. The van der Waals surface area contributed by atoms with E-state index in [2.05, 4.69) is 28.2 Å². The Labute approximate surface area is 101 Å². The SMILES string of the molecule is NCc1cc(-c2ccc3c(c2)CCC3)ncn1. The fourth-order valence-electron chi connectivity index (χ4n) is 2.40. The summed E-state index contributed by atoms with van der Waals surface area (Å²) >= 11 is 0. The minimum absolute atomic E-state index is 0.459. The molecule has 0 saturated heterocycles. The van der Waals surface area contributed by atoms with Crippen LogP contribution in [0.25, 0.3) is 11.3 Å². The standard InChI is InChI=1S/C14H15N3/c15-8-13-7-14(17-9-16-13)12-5-4-10-2-1-3-11(10)6-12/h4-7,9H,1-3,8,15H2. The molecule has 0 amide bonds. The van der Waals surface area contributed by atoms with Crippen molar-refractivity contribution in [2.24, 2.45) is 5.73 Å². The van der Waals surface area contributed by atoms with Crippen molar-refractivity contribution >= 4 is 0 Å². The number of hydrogen-bond acceptors (Lipinski definition) is 3. The molecule has 0 aliphatic heterocycles. The Hall–Kier alpha value is -1.74. The van der Waals surface area contributed by atoms with Crippen LogP contribution in [-0.4, -0.2) is 9.97 Å². The fraction of sp³-hybridized carbons (Fsp3) is 0.286. The van der Waals surface area contributed by atoms with Gasteiger partial charge >= 0.3 is 0 Å². The molecule has 3 nitrogen and oxygen atoms in total. The van der Waals surface area contributed by atoms with Gasteiger partial charge in [-0.15, -0.1) is 0 Å². The molecule has 3 rings (SSSR count). The average molecular weight is 225 g/mol. The second kappa shape index (κ2) is 4.26. The number of fused-ring (bicyclic) bond motifs is 1. The van der Waals surface area contributed by atoms with Crippen molar-refractivity contribution in [1.29, 1.82) is 0 Å². The zero-order valence-corrected chi connectivity index (χ0v) is 9.69. The number of nitrogens with zero attached hydrogens (tertiary/aromatic N) is 2. The van der Waals surface area contributed by atoms with Gasteiger partial charge in [-0.1, -0.05) is 12.1 Å². The lowest BCUT2D eigenvalue weighted by Crippen LogP contribution is -2.00. The van der Waals surface area contributed by atoms with Crippen molar-refractivity contribution in [2.75, 3.05) is 0 Å². The monoisotopic (exact) mass is 225 g/mol. The molecule has 86 valence electrons. The van der Waals surface area contributed by atoms with E-state index in [4.69, 9.17) is 5.73 Å². The van der Waals surface area contributed by atoms with Crippen molar-refractivity contribution in [2.45, 2.75) is 25.8 Å². The summed E-state index contributed by atoms with van der Waals surface area (Å²) in [7, 11) is 0. The molecule has 0 atom stereocenters. The molecule has 17 heavy (non-hydrogen) atoms. The second-order valence-electron chi connectivity index (χ2n) is 4.44. The maximum atomic E-state index is 5.60. The average Bonchev–Trinajstić information content (AvgIpc) is 2.86. The number of hydrogen-bond donors (Lipinski definition) is 1. The smallest absolute Gasteiger partial charge is 0.116 e. The molecule has 0 saturated carbocycles. The third-order valence-electron chi connectivity index (χ3n) is 3.33. The number of rotatable bonds is 2. The van der Waals surface area contributed by atoms with Crippen LogP contribution < -0.4 is 5.73 Å². The molecule has 1 aromatic carbocycles. The first kappa shape index (κ1) is 10.4. The van der Waals surface area contributed by atoms with Crippen LogP contribution in [0, 0.1) is 0 Å².